The number of rotatable bonds is 2. The molecule has 0 atom stereocenters. The zero-order valence-electron chi connectivity index (χ0n) is 9.68. The molecule has 2 amide bonds. The monoisotopic (exact) mass is 228 g/mol. The highest BCUT2D eigenvalue weighted by atomic mass is 32.1. The summed E-state index contributed by atoms with van der Waals surface area (Å²) in [5.74, 6) is 0.346. The van der Waals surface area contributed by atoms with Crippen LogP contribution in [0.1, 0.15) is 24.8 Å². The van der Waals surface area contributed by atoms with Crippen LogP contribution in [0.3, 0.4) is 0 Å². The minimum Gasteiger partial charge on any atom is -0.330 e. The van der Waals surface area contributed by atoms with Crippen LogP contribution < -0.4 is 4.90 Å². The first kappa shape index (κ1) is 11.9. The molecule has 0 aromatic carbocycles. The molecule has 1 aromatic heterocycles. The van der Waals surface area contributed by atoms with Gasteiger partial charge in [-0.25, -0.2) is 4.79 Å². The van der Waals surface area contributed by atoms with Gasteiger partial charge in [-0.05, 0) is 0 Å². The first-order chi connectivity index (χ1) is 6.93. The second-order valence-electron chi connectivity index (χ2n) is 3.81. The van der Waals surface area contributed by atoms with Crippen LogP contribution in [0.25, 0.3) is 0 Å². The van der Waals surface area contributed by atoms with Gasteiger partial charge in [-0.15, -0.1) is 10.2 Å². The number of nitrogens with zero attached hydrogens (tertiary/aromatic N) is 4. The molecule has 1 heterocycles. The molecule has 0 N–H and O–H groups in total. The molecule has 0 aliphatic carbocycles. The number of carbonyl (C=O) groups is 1. The Morgan fingerprint density at radius 3 is 2.27 bits per heavy atom. The molecule has 0 aliphatic rings. The Labute approximate surface area is 93.7 Å². The lowest BCUT2D eigenvalue weighted by Gasteiger charge is -2.18. The Balaban J connectivity index is 2.83. The highest BCUT2D eigenvalue weighted by Crippen LogP contribution is 2.24. The molecule has 84 valence electrons. The van der Waals surface area contributed by atoms with Crippen LogP contribution in [0.2, 0.25) is 0 Å². The van der Waals surface area contributed by atoms with E-state index in [4.69, 9.17) is 0 Å². The summed E-state index contributed by atoms with van der Waals surface area (Å²) in [5, 5.41) is 9.61. The van der Waals surface area contributed by atoms with Gasteiger partial charge >= 0.3 is 6.03 Å². The summed E-state index contributed by atoms with van der Waals surface area (Å²) >= 11 is 1.45. The number of amides is 2. The Morgan fingerprint density at radius 2 is 1.87 bits per heavy atom. The molecule has 0 radical (unpaired) electrons. The van der Waals surface area contributed by atoms with E-state index in [0.29, 0.717) is 11.0 Å². The third-order valence-corrected chi connectivity index (χ3v) is 3.18. The van der Waals surface area contributed by atoms with E-state index in [-0.39, 0.29) is 6.03 Å². The van der Waals surface area contributed by atoms with Crippen LogP contribution >= 0.6 is 11.3 Å². The second-order valence-corrected chi connectivity index (χ2v) is 4.80. The number of urea groups is 1. The number of anilines is 1. The Bertz CT molecular complexity index is 348. The third-order valence-electron chi connectivity index (χ3n) is 1.88. The molecule has 6 heteroatoms. The molecular formula is C9H16N4OS. The molecule has 0 saturated heterocycles. The zero-order valence-corrected chi connectivity index (χ0v) is 10.5. The molecule has 0 aliphatic heterocycles. The minimum atomic E-state index is -0.0959. The van der Waals surface area contributed by atoms with Crippen LogP contribution in [-0.2, 0) is 0 Å². The molecule has 5 nitrogen and oxygen atoms in total. The van der Waals surface area contributed by atoms with Gasteiger partial charge < -0.3 is 4.90 Å². The Kier molecular flexibility index (Phi) is 3.62. The number of hydrogen-bond donors (Lipinski definition) is 0. The van der Waals surface area contributed by atoms with Crippen molar-refractivity contribution >= 4 is 22.5 Å². The van der Waals surface area contributed by atoms with E-state index in [9.17, 15) is 4.79 Å². The zero-order chi connectivity index (χ0) is 11.6. The fourth-order valence-electron chi connectivity index (χ4n) is 0.977. The highest BCUT2D eigenvalue weighted by molar-refractivity contribution is 7.15. The van der Waals surface area contributed by atoms with E-state index in [2.05, 4.69) is 24.0 Å². The van der Waals surface area contributed by atoms with E-state index in [1.165, 1.54) is 21.1 Å². The smallest absolute Gasteiger partial charge is 0.325 e. The lowest BCUT2D eigenvalue weighted by molar-refractivity contribution is 0.225. The van der Waals surface area contributed by atoms with Gasteiger partial charge in [0.2, 0.25) is 5.13 Å². The van der Waals surface area contributed by atoms with E-state index in [0.717, 1.165) is 5.01 Å². The Morgan fingerprint density at radius 1 is 1.27 bits per heavy atom. The first-order valence-electron chi connectivity index (χ1n) is 4.72. The van der Waals surface area contributed by atoms with Crippen molar-refractivity contribution in [2.75, 3.05) is 26.0 Å². The standard InChI is InChI=1S/C9H16N4OS/c1-6(2)7-10-11-8(15-7)13(5)9(14)12(3)4/h6H,1-5H3. The Hall–Kier alpha value is -1.17. The van der Waals surface area contributed by atoms with Crippen LogP contribution in [0.4, 0.5) is 9.93 Å². The van der Waals surface area contributed by atoms with Crippen molar-refractivity contribution in [2.45, 2.75) is 19.8 Å². The highest BCUT2D eigenvalue weighted by Gasteiger charge is 2.17. The fraction of sp³-hybridized carbons (Fsp3) is 0.667. The average molecular weight is 228 g/mol. The van der Waals surface area contributed by atoms with Gasteiger partial charge in [-0.1, -0.05) is 25.2 Å². The van der Waals surface area contributed by atoms with Crippen molar-refractivity contribution in [3.63, 3.8) is 0 Å². The van der Waals surface area contributed by atoms with Gasteiger partial charge in [0.25, 0.3) is 0 Å². The van der Waals surface area contributed by atoms with Crippen molar-refractivity contribution < 1.29 is 4.79 Å². The van der Waals surface area contributed by atoms with Crippen molar-refractivity contribution in [3.8, 4) is 0 Å². The molecular weight excluding hydrogens is 212 g/mol. The lowest BCUT2D eigenvalue weighted by Crippen LogP contribution is -2.36. The van der Waals surface area contributed by atoms with Crippen molar-refractivity contribution in [3.05, 3.63) is 5.01 Å². The predicted molar refractivity (Wildman–Crippen MR) is 61.5 cm³/mol. The summed E-state index contributed by atoms with van der Waals surface area (Å²) < 4.78 is 0. The van der Waals surface area contributed by atoms with Gasteiger partial charge in [0.15, 0.2) is 0 Å². The SMILES string of the molecule is CC(C)c1nnc(N(C)C(=O)N(C)C)s1. The number of hydrogen-bond acceptors (Lipinski definition) is 4. The maximum atomic E-state index is 11.6. The van der Waals surface area contributed by atoms with Gasteiger partial charge in [0.05, 0.1) is 0 Å². The molecule has 0 spiro atoms. The fourth-order valence-corrected chi connectivity index (χ4v) is 1.78. The van der Waals surface area contributed by atoms with Crippen LogP contribution in [-0.4, -0.2) is 42.3 Å². The van der Waals surface area contributed by atoms with E-state index >= 15 is 0 Å². The topological polar surface area (TPSA) is 49.3 Å². The average Bonchev–Trinajstić information content (AvgIpc) is 2.64. The van der Waals surface area contributed by atoms with E-state index in [1.54, 1.807) is 21.1 Å². The molecule has 0 unspecified atom stereocenters. The summed E-state index contributed by atoms with van der Waals surface area (Å²) in [6.45, 7) is 4.11. The van der Waals surface area contributed by atoms with Crippen molar-refractivity contribution in [1.82, 2.24) is 15.1 Å². The maximum absolute atomic E-state index is 11.6. The predicted octanol–water partition coefficient (Wildman–Crippen LogP) is 1.78. The normalized spacial score (nSPS) is 10.5. The molecule has 15 heavy (non-hydrogen) atoms. The molecule has 1 aromatic rings. The van der Waals surface area contributed by atoms with Crippen LogP contribution in [0.15, 0.2) is 0 Å². The molecule has 0 saturated carbocycles. The largest absolute Gasteiger partial charge is 0.330 e. The van der Waals surface area contributed by atoms with Crippen LogP contribution in [0, 0.1) is 0 Å². The van der Waals surface area contributed by atoms with E-state index < -0.39 is 0 Å². The maximum Gasteiger partial charge on any atom is 0.325 e. The van der Waals surface area contributed by atoms with Gasteiger partial charge in [0.1, 0.15) is 5.01 Å². The quantitative estimate of drug-likeness (QED) is 0.775. The summed E-state index contributed by atoms with van der Waals surface area (Å²) in [5.41, 5.74) is 0. The number of carbonyl (C=O) groups excluding carboxylic acids is 1. The lowest BCUT2D eigenvalue weighted by atomic mass is 10.2. The van der Waals surface area contributed by atoms with Gasteiger partial charge in [-0.2, -0.15) is 0 Å². The van der Waals surface area contributed by atoms with E-state index in [1.807, 2.05) is 0 Å². The van der Waals surface area contributed by atoms with Gasteiger partial charge in [0, 0.05) is 27.1 Å². The molecule has 0 bridgehead atoms. The second kappa shape index (κ2) is 4.57. The van der Waals surface area contributed by atoms with Crippen molar-refractivity contribution in [1.29, 1.82) is 0 Å². The summed E-state index contributed by atoms with van der Waals surface area (Å²) in [7, 11) is 5.12. The summed E-state index contributed by atoms with van der Waals surface area (Å²) in [6.07, 6.45) is 0. The first-order valence-corrected chi connectivity index (χ1v) is 5.53. The summed E-state index contributed by atoms with van der Waals surface area (Å²) in [4.78, 5) is 14.6. The molecule has 0 fully saturated rings. The minimum absolute atomic E-state index is 0.0959. The van der Waals surface area contributed by atoms with Crippen LogP contribution in [0.5, 0.6) is 0 Å². The summed E-state index contributed by atoms with van der Waals surface area (Å²) in [6, 6.07) is -0.0959. The molecule has 1 rings (SSSR count). The van der Waals surface area contributed by atoms with Gasteiger partial charge in [-0.3, -0.25) is 4.90 Å². The van der Waals surface area contributed by atoms with Crippen molar-refractivity contribution in [2.24, 2.45) is 0 Å². The third kappa shape index (κ3) is 2.65. The number of aromatic nitrogens is 2.